The van der Waals surface area contributed by atoms with E-state index in [1.165, 1.54) is 11.3 Å². The first-order valence-electron chi connectivity index (χ1n) is 4.74. The van der Waals surface area contributed by atoms with Gasteiger partial charge in [-0.2, -0.15) is 0 Å². The van der Waals surface area contributed by atoms with Gasteiger partial charge in [0, 0.05) is 20.2 Å². The van der Waals surface area contributed by atoms with Gasteiger partial charge < -0.3 is 14.7 Å². The van der Waals surface area contributed by atoms with Crippen molar-refractivity contribution in [1.29, 1.82) is 0 Å². The third kappa shape index (κ3) is 3.61. The predicted molar refractivity (Wildman–Crippen MR) is 62.8 cm³/mol. The lowest BCUT2D eigenvalue weighted by Crippen LogP contribution is -2.22. The highest BCUT2D eigenvalue weighted by molar-refractivity contribution is 7.16. The molecule has 0 aliphatic heterocycles. The molecule has 0 saturated carbocycles. The van der Waals surface area contributed by atoms with E-state index in [-0.39, 0.29) is 6.61 Å². The van der Waals surface area contributed by atoms with Gasteiger partial charge in [0.15, 0.2) is 5.13 Å². The van der Waals surface area contributed by atoms with Crippen molar-refractivity contribution in [1.82, 2.24) is 4.98 Å². The van der Waals surface area contributed by atoms with Gasteiger partial charge in [-0.25, -0.2) is 4.98 Å². The van der Waals surface area contributed by atoms with Crippen LogP contribution >= 0.6 is 22.9 Å². The monoisotopic (exact) mass is 250 g/mol. The normalized spacial score (nSPS) is 10.7. The van der Waals surface area contributed by atoms with Gasteiger partial charge in [0.25, 0.3) is 0 Å². The average Bonchev–Trinajstić information content (AvgIpc) is 2.60. The summed E-state index contributed by atoms with van der Waals surface area (Å²) in [5, 5.41) is 10.2. The molecule has 1 N–H and O–H groups in total. The van der Waals surface area contributed by atoms with Gasteiger partial charge >= 0.3 is 0 Å². The molecule has 1 aromatic heterocycles. The van der Waals surface area contributed by atoms with Crippen molar-refractivity contribution in [2.24, 2.45) is 0 Å². The Morgan fingerprint density at radius 3 is 2.87 bits per heavy atom. The molecule has 0 spiro atoms. The molecule has 0 aliphatic carbocycles. The minimum absolute atomic E-state index is 0.0597. The molecule has 0 saturated heterocycles. The fourth-order valence-corrected chi connectivity index (χ4v) is 2.13. The summed E-state index contributed by atoms with van der Waals surface area (Å²) in [6.45, 7) is 4.05. The molecule has 0 unspecified atom stereocenters. The van der Waals surface area contributed by atoms with Crippen LogP contribution in [0.25, 0.3) is 0 Å². The van der Waals surface area contributed by atoms with Crippen LogP contribution in [0.3, 0.4) is 0 Å². The Bertz CT molecular complexity index is 306. The van der Waals surface area contributed by atoms with Gasteiger partial charge in [0.2, 0.25) is 0 Å². The number of aliphatic hydroxyl groups is 1. The molecule has 0 atom stereocenters. The number of hydrogen-bond donors (Lipinski definition) is 1. The van der Waals surface area contributed by atoms with Crippen molar-refractivity contribution in [3.05, 3.63) is 10.0 Å². The van der Waals surface area contributed by atoms with Crippen LogP contribution in [0.5, 0.6) is 0 Å². The molecular weight excluding hydrogens is 236 g/mol. The van der Waals surface area contributed by atoms with E-state index in [0.717, 1.165) is 11.7 Å². The first kappa shape index (κ1) is 12.7. The van der Waals surface area contributed by atoms with E-state index in [1.807, 2.05) is 18.9 Å². The Balaban J connectivity index is 2.53. The molecule has 6 heteroatoms. The fourth-order valence-electron chi connectivity index (χ4n) is 1.02. The van der Waals surface area contributed by atoms with Crippen LogP contribution in [0.2, 0.25) is 5.15 Å². The number of nitrogens with zero attached hydrogens (tertiary/aromatic N) is 2. The lowest BCUT2D eigenvalue weighted by molar-refractivity contribution is 0.154. The zero-order valence-corrected chi connectivity index (χ0v) is 10.4. The topological polar surface area (TPSA) is 45.6 Å². The van der Waals surface area contributed by atoms with E-state index >= 15 is 0 Å². The van der Waals surface area contributed by atoms with E-state index in [2.05, 4.69) is 4.98 Å². The lowest BCUT2D eigenvalue weighted by Gasteiger charge is -2.14. The van der Waals surface area contributed by atoms with Crippen LogP contribution in [0.1, 0.15) is 11.8 Å². The molecule has 0 amide bonds. The molecule has 0 aromatic carbocycles. The average molecular weight is 251 g/mol. The van der Waals surface area contributed by atoms with Gasteiger partial charge in [0.1, 0.15) is 5.15 Å². The second-order valence-electron chi connectivity index (χ2n) is 2.99. The van der Waals surface area contributed by atoms with E-state index in [4.69, 9.17) is 21.4 Å². The van der Waals surface area contributed by atoms with Crippen molar-refractivity contribution in [2.45, 2.75) is 13.5 Å². The van der Waals surface area contributed by atoms with Crippen LogP contribution in [0.15, 0.2) is 0 Å². The number of anilines is 1. The highest BCUT2D eigenvalue weighted by Crippen LogP contribution is 2.28. The first-order chi connectivity index (χ1) is 7.19. The second kappa shape index (κ2) is 6.27. The van der Waals surface area contributed by atoms with Crippen molar-refractivity contribution < 1.29 is 9.84 Å². The molecule has 0 radical (unpaired) electrons. The maximum atomic E-state index is 8.97. The number of likely N-dealkylation sites (N-methyl/N-ethyl adjacent to an activating group) is 1. The summed E-state index contributed by atoms with van der Waals surface area (Å²) < 4.78 is 5.24. The highest BCUT2D eigenvalue weighted by Gasteiger charge is 2.11. The van der Waals surface area contributed by atoms with Gasteiger partial charge in [-0.3, -0.25) is 0 Å². The number of aromatic nitrogens is 1. The molecule has 0 bridgehead atoms. The number of thiazole rings is 1. The molecule has 0 aliphatic rings. The van der Waals surface area contributed by atoms with Crippen LogP contribution in [-0.2, 0) is 11.3 Å². The SMILES string of the molecule is CCOCCN(C)c1nc(Cl)c(CO)s1. The molecule has 1 rings (SSSR count). The van der Waals surface area contributed by atoms with Gasteiger partial charge in [0.05, 0.1) is 18.1 Å². The molecule has 86 valence electrons. The summed E-state index contributed by atoms with van der Waals surface area (Å²) in [4.78, 5) is 6.82. The summed E-state index contributed by atoms with van der Waals surface area (Å²) in [6, 6.07) is 0. The standard InChI is InChI=1S/C9H15ClN2O2S/c1-3-14-5-4-12(2)9-11-8(10)7(6-13)15-9/h13H,3-6H2,1-2H3. The largest absolute Gasteiger partial charge is 0.391 e. The van der Waals surface area contributed by atoms with Crippen molar-refractivity contribution in [2.75, 3.05) is 31.7 Å². The zero-order chi connectivity index (χ0) is 11.3. The van der Waals surface area contributed by atoms with Crippen LogP contribution in [-0.4, -0.2) is 36.9 Å². The maximum Gasteiger partial charge on any atom is 0.186 e. The van der Waals surface area contributed by atoms with Crippen LogP contribution < -0.4 is 4.90 Å². The second-order valence-corrected chi connectivity index (χ2v) is 4.41. The zero-order valence-electron chi connectivity index (χ0n) is 8.86. The first-order valence-corrected chi connectivity index (χ1v) is 5.93. The van der Waals surface area contributed by atoms with Crippen LogP contribution in [0.4, 0.5) is 5.13 Å². The summed E-state index contributed by atoms with van der Waals surface area (Å²) in [5.41, 5.74) is 0. The minimum Gasteiger partial charge on any atom is -0.391 e. The van der Waals surface area contributed by atoms with E-state index in [0.29, 0.717) is 23.2 Å². The quantitative estimate of drug-likeness (QED) is 0.782. The smallest absolute Gasteiger partial charge is 0.186 e. The third-order valence-electron chi connectivity index (χ3n) is 1.88. The molecule has 1 aromatic rings. The summed E-state index contributed by atoms with van der Waals surface area (Å²) in [7, 11) is 1.93. The van der Waals surface area contributed by atoms with Gasteiger partial charge in [-0.05, 0) is 6.92 Å². The lowest BCUT2D eigenvalue weighted by atomic mass is 10.6. The minimum atomic E-state index is -0.0597. The summed E-state index contributed by atoms with van der Waals surface area (Å²) >= 11 is 7.23. The van der Waals surface area contributed by atoms with Crippen molar-refractivity contribution in [3.8, 4) is 0 Å². The maximum absolute atomic E-state index is 8.97. The molecular formula is C9H15ClN2O2S. The Hall–Kier alpha value is -0.360. The molecule has 0 fully saturated rings. The number of hydrogen-bond acceptors (Lipinski definition) is 5. The van der Waals surface area contributed by atoms with Gasteiger partial charge in [-0.15, -0.1) is 0 Å². The number of ether oxygens (including phenoxy) is 1. The Kier molecular flexibility index (Phi) is 5.31. The third-order valence-corrected chi connectivity index (χ3v) is 3.46. The number of halogens is 1. The van der Waals surface area contributed by atoms with Crippen molar-refractivity contribution >= 4 is 28.1 Å². The predicted octanol–water partition coefficient (Wildman–Crippen LogP) is 1.76. The molecule has 4 nitrogen and oxygen atoms in total. The molecule has 15 heavy (non-hydrogen) atoms. The number of aliphatic hydroxyl groups excluding tert-OH is 1. The van der Waals surface area contributed by atoms with E-state index in [1.54, 1.807) is 0 Å². The highest BCUT2D eigenvalue weighted by atomic mass is 35.5. The van der Waals surface area contributed by atoms with Crippen molar-refractivity contribution in [3.63, 3.8) is 0 Å². The fraction of sp³-hybridized carbons (Fsp3) is 0.667. The Morgan fingerprint density at radius 1 is 1.60 bits per heavy atom. The van der Waals surface area contributed by atoms with E-state index in [9.17, 15) is 0 Å². The van der Waals surface area contributed by atoms with Gasteiger partial charge in [-0.1, -0.05) is 22.9 Å². The van der Waals surface area contributed by atoms with Crippen LogP contribution in [0, 0.1) is 0 Å². The summed E-state index contributed by atoms with van der Waals surface area (Å²) in [6.07, 6.45) is 0. The Labute approximate surface area is 98.5 Å². The van der Waals surface area contributed by atoms with E-state index < -0.39 is 0 Å². The molecule has 1 heterocycles. The Morgan fingerprint density at radius 2 is 2.33 bits per heavy atom. The number of rotatable bonds is 6. The summed E-state index contributed by atoms with van der Waals surface area (Å²) in [5.74, 6) is 0.